The van der Waals surface area contributed by atoms with E-state index >= 15 is 0 Å². The Bertz CT molecular complexity index is 1320. The van der Waals surface area contributed by atoms with Crippen LogP contribution in [0, 0.1) is 34.6 Å². The largest absolute Gasteiger partial charge is 0.378 e. The van der Waals surface area contributed by atoms with Crippen molar-refractivity contribution in [2.45, 2.75) is 46.3 Å². The van der Waals surface area contributed by atoms with E-state index in [1.807, 2.05) is 48.7 Å². The highest BCUT2D eigenvalue weighted by molar-refractivity contribution is 7.99. The van der Waals surface area contributed by atoms with Crippen LogP contribution in [0.15, 0.2) is 65.8 Å². The van der Waals surface area contributed by atoms with E-state index in [9.17, 15) is 4.79 Å². The topological polar surface area (TPSA) is 71.8 Å². The minimum atomic E-state index is -0.0670. The summed E-state index contributed by atoms with van der Waals surface area (Å²) in [5, 5.41) is 16.1. The first kappa shape index (κ1) is 24.5. The van der Waals surface area contributed by atoms with Crippen LogP contribution in [0.2, 0.25) is 0 Å². The van der Waals surface area contributed by atoms with Gasteiger partial charge in [0.2, 0.25) is 5.91 Å². The number of rotatable bonds is 8. The van der Waals surface area contributed by atoms with Crippen molar-refractivity contribution in [2.24, 2.45) is 0 Å². The number of carbonyl (C=O) groups is 1. The minimum absolute atomic E-state index is 0.0670. The Hall–Kier alpha value is -3.58. The third kappa shape index (κ3) is 5.92. The highest BCUT2D eigenvalue weighted by atomic mass is 32.2. The second kappa shape index (κ2) is 10.8. The highest BCUT2D eigenvalue weighted by Gasteiger charge is 2.17. The van der Waals surface area contributed by atoms with E-state index in [1.54, 1.807) is 0 Å². The van der Waals surface area contributed by atoms with Crippen molar-refractivity contribution in [2.75, 3.05) is 16.4 Å². The summed E-state index contributed by atoms with van der Waals surface area (Å²) in [5.74, 6) is 0.953. The molecule has 6 nitrogen and oxygen atoms in total. The molecule has 0 aliphatic carbocycles. The number of carbonyl (C=O) groups excluding carboxylic acids is 1. The average molecular weight is 486 g/mol. The Morgan fingerprint density at radius 1 is 0.857 bits per heavy atom. The van der Waals surface area contributed by atoms with Crippen molar-refractivity contribution in [3.8, 4) is 5.69 Å². The number of amides is 1. The van der Waals surface area contributed by atoms with Crippen molar-refractivity contribution in [1.29, 1.82) is 0 Å². The molecule has 4 aromatic rings. The molecule has 180 valence electrons. The average Bonchev–Trinajstić information content (AvgIpc) is 3.23. The third-order valence-corrected chi connectivity index (χ3v) is 6.74. The molecule has 0 aliphatic rings. The van der Waals surface area contributed by atoms with E-state index in [0.29, 0.717) is 11.7 Å². The lowest BCUT2D eigenvalue weighted by molar-refractivity contribution is -0.113. The van der Waals surface area contributed by atoms with Crippen LogP contribution in [0.3, 0.4) is 0 Å². The molecule has 1 heterocycles. The van der Waals surface area contributed by atoms with Gasteiger partial charge in [0, 0.05) is 17.1 Å². The van der Waals surface area contributed by atoms with E-state index in [4.69, 9.17) is 0 Å². The van der Waals surface area contributed by atoms with Gasteiger partial charge in [0.1, 0.15) is 0 Å². The van der Waals surface area contributed by atoms with Crippen LogP contribution in [0.5, 0.6) is 0 Å². The molecule has 0 spiro atoms. The molecule has 2 N–H and O–H groups in total. The molecule has 3 aromatic carbocycles. The number of hydrogen-bond donors (Lipinski definition) is 2. The maximum absolute atomic E-state index is 12.8. The second-order valence-electron chi connectivity index (χ2n) is 8.85. The van der Waals surface area contributed by atoms with Gasteiger partial charge < -0.3 is 10.6 Å². The number of nitrogens with zero attached hydrogens (tertiary/aromatic N) is 3. The number of anilines is 2. The lowest BCUT2D eigenvalue weighted by Crippen LogP contribution is -2.16. The minimum Gasteiger partial charge on any atom is -0.378 e. The van der Waals surface area contributed by atoms with Gasteiger partial charge in [-0.1, -0.05) is 65.4 Å². The van der Waals surface area contributed by atoms with Crippen LogP contribution < -0.4 is 10.6 Å². The lowest BCUT2D eigenvalue weighted by atomic mass is 10.1. The van der Waals surface area contributed by atoms with Crippen LogP contribution >= 0.6 is 11.8 Å². The molecular weight excluding hydrogens is 454 g/mol. The first-order valence-electron chi connectivity index (χ1n) is 11.6. The number of benzene rings is 3. The number of nitrogens with one attached hydrogen (secondary N) is 2. The summed E-state index contributed by atoms with van der Waals surface area (Å²) in [7, 11) is 0. The molecule has 0 unspecified atom stereocenters. The van der Waals surface area contributed by atoms with Gasteiger partial charge in [-0.25, -0.2) is 0 Å². The Morgan fingerprint density at radius 3 is 2.23 bits per heavy atom. The summed E-state index contributed by atoms with van der Waals surface area (Å²) in [4.78, 5) is 12.8. The predicted octanol–water partition coefficient (Wildman–Crippen LogP) is 6.15. The SMILES string of the molecule is Cc1ccc(NCc2nnc(SCC(=O)Nc3c(C)cc(C)cc3C)n2-c2ccccc2)c(C)c1. The molecule has 7 heteroatoms. The van der Waals surface area contributed by atoms with Gasteiger partial charge in [-0.15, -0.1) is 10.2 Å². The summed E-state index contributed by atoms with van der Waals surface area (Å²) in [5.41, 5.74) is 8.63. The zero-order valence-corrected chi connectivity index (χ0v) is 21.7. The first-order chi connectivity index (χ1) is 16.8. The number of aromatic nitrogens is 3. The highest BCUT2D eigenvalue weighted by Crippen LogP contribution is 2.25. The van der Waals surface area contributed by atoms with E-state index in [1.165, 1.54) is 28.5 Å². The summed E-state index contributed by atoms with van der Waals surface area (Å²) in [6, 6.07) is 20.5. The lowest BCUT2D eigenvalue weighted by Gasteiger charge is -2.14. The normalized spacial score (nSPS) is 10.9. The van der Waals surface area contributed by atoms with Crippen LogP contribution in [0.1, 0.15) is 33.6 Å². The Balaban J connectivity index is 1.51. The zero-order valence-electron chi connectivity index (χ0n) is 20.8. The molecule has 0 radical (unpaired) electrons. The monoisotopic (exact) mass is 485 g/mol. The predicted molar refractivity (Wildman–Crippen MR) is 145 cm³/mol. The fourth-order valence-corrected chi connectivity index (χ4v) is 4.98. The number of para-hydroxylation sites is 1. The molecule has 0 saturated heterocycles. The maximum Gasteiger partial charge on any atom is 0.234 e. The van der Waals surface area contributed by atoms with Crippen LogP contribution in [-0.4, -0.2) is 26.4 Å². The van der Waals surface area contributed by atoms with E-state index in [2.05, 4.69) is 71.9 Å². The number of aryl methyl sites for hydroxylation is 5. The van der Waals surface area contributed by atoms with Crippen LogP contribution in [0.25, 0.3) is 5.69 Å². The maximum atomic E-state index is 12.8. The fraction of sp³-hybridized carbons (Fsp3) is 0.250. The molecule has 0 aliphatic heterocycles. The molecule has 0 saturated carbocycles. The smallest absolute Gasteiger partial charge is 0.234 e. The van der Waals surface area contributed by atoms with Crippen molar-refractivity contribution in [1.82, 2.24) is 14.8 Å². The van der Waals surface area contributed by atoms with Gasteiger partial charge in [-0.2, -0.15) is 0 Å². The molecule has 4 rings (SSSR count). The molecule has 35 heavy (non-hydrogen) atoms. The van der Waals surface area contributed by atoms with E-state index in [0.717, 1.165) is 34.0 Å². The molecular formula is C28H31N5OS. The summed E-state index contributed by atoms with van der Waals surface area (Å²) in [6.45, 7) is 10.8. The van der Waals surface area contributed by atoms with Crippen molar-refractivity contribution in [3.05, 3.63) is 94.3 Å². The van der Waals surface area contributed by atoms with Gasteiger partial charge in [0.05, 0.1) is 12.3 Å². The molecule has 1 aromatic heterocycles. The quantitative estimate of drug-likeness (QED) is 0.293. The molecule has 1 amide bonds. The number of thioether (sulfide) groups is 1. The molecule has 0 bridgehead atoms. The van der Waals surface area contributed by atoms with Gasteiger partial charge in [-0.05, 0) is 69.5 Å². The van der Waals surface area contributed by atoms with Crippen molar-refractivity contribution < 1.29 is 4.79 Å². The van der Waals surface area contributed by atoms with Crippen LogP contribution in [0.4, 0.5) is 11.4 Å². The Labute approximate surface area is 211 Å². The van der Waals surface area contributed by atoms with Gasteiger partial charge in [0.15, 0.2) is 11.0 Å². The molecule has 0 atom stereocenters. The van der Waals surface area contributed by atoms with E-state index < -0.39 is 0 Å². The van der Waals surface area contributed by atoms with Crippen LogP contribution in [-0.2, 0) is 11.3 Å². The summed E-state index contributed by atoms with van der Waals surface area (Å²) in [6.07, 6.45) is 0. The second-order valence-corrected chi connectivity index (χ2v) is 9.79. The Morgan fingerprint density at radius 2 is 1.54 bits per heavy atom. The molecule has 0 fully saturated rings. The summed E-state index contributed by atoms with van der Waals surface area (Å²) >= 11 is 1.38. The third-order valence-electron chi connectivity index (χ3n) is 5.81. The van der Waals surface area contributed by atoms with Crippen molar-refractivity contribution in [3.63, 3.8) is 0 Å². The summed E-state index contributed by atoms with van der Waals surface area (Å²) < 4.78 is 2.01. The fourth-order valence-electron chi connectivity index (χ4n) is 4.21. The number of hydrogen-bond acceptors (Lipinski definition) is 5. The Kier molecular flexibility index (Phi) is 7.56. The zero-order chi connectivity index (χ0) is 24.9. The first-order valence-corrected chi connectivity index (χ1v) is 12.6. The van der Waals surface area contributed by atoms with Crippen molar-refractivity contribution >= 4 is 29.0 Å². The van der Waals surface area contributed by atoms with Gasteiger partial charge in [0.25, 0.3) is 0 Å². The van der Waals surface area contributed by atoms with E-state index in [-0.39, 0.29) is 11.7 Å². The van der Waals surface area contributed by atoms with Gasteiger partial charge in [-0.3, -0.25) is 9.36 Å². The van der Waals surface area contributed by atoms with Gasteiger partial charge >= 0.3 is 0 Å². The standard InChI is InChI=1S/C28H31N5OS/c1-18-11-12-24(20(3)13-18)29-16-25-31-32-28(33(25)23-9-7-6-8-10-23)35-17-26(34)30-27-21(4)14-19(2)15-22(27)5/h6-15,29H,16-17H2,1-5H3,(H,30,34).